The first-order valence-electron chi connectivity index (χ1n) is 8.57. The lowest BCUT2D eigenvalue weighted by Crippen LogP contribution is -2.45. The number of nitrogens with zero attached hydrogens (tertiary/aromatic N) is 1. The van der Waals surface area contributed by atoms with Gasteiger partial charge in [0.15, 0.2) is 5.78 Å². The van der Waals surface area contributed by atoms with Gasteiger partial charge in [0.05, 0.1) is 5.70 Å². The minimum Gasteiger partial charge on any atom is -0.489 e. The zero-order chi connectivity index (χ0) is 16.4. The Balaban J connectivity index is 1.44. The van der Waals surface area contributed by atoms with Crippen LogP contribution in [0.4, 0.5) is 0 Å². The number of benzene rings is 2. The molecule has 2 bridgehead atoms. The van der Waals surface area contributed by atoms with Crippen LogP contribution >= 0.6 is 0 Å². The zero-order valence-corrected chi connectivity index (χ0v) is 13.7. The van der Waals surface area contributed by atoms with Crippen LogP contribution in [0.15, 0.2) is 60.3 Å². The summed E-state index contributed by atoms with van der Waals surface area (Å²) in [6.45, 7) is 2.59. The molecule has 3 nitrogen and oxygen atoms in total. The van der Waals surface area contributed by atoms with Gasteiger partial charge in [0, 0.05) is 19.0 Å². The Bertz CT molecular complexity index is 741. The van der Waals surface area contributed by atoms with Gasteiger partial charge in [-0.3, -0.25) is 4.79 Å². The molecular formula is C21H21NO2. The predicted octanol–water partition coefficient (Wildman–Crippen LogP) is 3.90. The molecule has 0 radical (unpaired) electrons. The van der Waals surface area contributed by atoms with Crippen LogP contribution in [-0.4, -0.2) is 23.8 Å². The smallest absolute Gasteiger partial charge is 0.182 e. The molecule has 0 saturated carbocycles. The van der Waals surface area contributed by atoms with Gasteiger partial charge in [-0.05, 0) is 42.2 Å². The molecule has 0 aromatic heterocycles. The molecule has 0 atom stereocenters. The summed E-state index contributed by atoms with van der Waals surface area (Å²) in [5.41, 5.74) is 3.09. The Morgan fingerprint density at radius 2 is 1.71 bits per heavy atom. The van der Waals surface area contributed by atoms with Crippen molar-refractivity contribution < 1.29 is 9.53 Å². The molecule has 24 heavy (non-hydrogen) atoms. The molecule has 2 aromatic carbocycles. The SMILES string of the molecule is O=C1/C(=C\c2ccc(OCc3ccccc3)cc2)N2CCC1CC2. The second-order valence-electron chi connectivity index (χ2n) is 6.50. The molecule has 0 amide bonds. The minimum atomic E-state index is 0.245. The molecule has 122 valence electrons. The topological polar surface area (TPSA) is 29.5 Å². The molecule has 0 aliphatic carbocycles. The Kier molecular flexibility index (Phi) is 4.08. The molecule has 0 N–H and O–H groups in total. The van der Waals surface area contributed by atoms with Gasteiger partial charge < -0.3 is 9.64 Å². The van der Waals surface area contributed by atoms with Crippen molar-refractivity contribution in [1.29, 1.82) is 0 Å². The summed E-state index contributed by atoms with van der Waals surface area (Å²) in [5.74, 6) is 1.41. The molecule has 2 aromatic rings. The van der Waals surface area contributed by atoms with E-state index < -0.39 is 0 Å². The normalized spacial score (nSPS) is 19.1. The van der Waals surface area contributed by atoms with E-state index in [2.05, 4.69) is 17.0 Å². The lowest BCUT2D eigenvalue weighted by Gasteiger charge is -2.41. The van der Waals surface area contributed by atoms with Gasteiger partial charge in [0.1, 0.15) is 12.4 Å². The van der Waals surface area contributed by atoms with Crippen LogP contribution in [0.2, 0.25) is 0 Å². The highest BCUT2D eigenvalue weighted by Crippen LogP contribution is 2.32. The van der Waals surface area contributed by atoms with Crippen molar-refractivity contribution in [1.82, 2.24) is 4.90 Å². The van der Waals surface area contributed by atoms with E-state index in [-0.39, 0.29) is 5.92 Å². The van der Waals surface area contributed by atoms with Gasteiger partial charge in [0.2, 0.25) is 0 Å². The minimum absolute atomic E-state index is 0.245. The monoisotopic (exact) mass is 319 g/mol. The van der Waals surface area contributed by atoms with Crippen molar-refractivity contribution in [2.45, 2.75) is 19.4 Å². The third-order valence-electron chi connectivity index (χ3n) is 4.89. The van der Waals surface area contributed by atoms with Crippen molar-refractivity contribution in [2.75, 3.05) is 13.1 Å². The Morgan fingerprint density at radius 3 is 2.38 bits per heavy atom. The van der Waals surface area contributed by atoms with E-state index in [0.717, 1.165) is 48.5 Å². The van der Waals surface area contributed by atoms with Gasteiger partial charge in [-0.1, -0.05) is 42.5 Å². The number of allylic oxidation sites excluding steroid dienone is 1. The predicted molar refractivity (Wildman–Crippen MR) is 94.5 cm³/mol. The summed E-state index contributed by atoms with van der Waals surface area (Å²) < 4.78 is 5.81. The number of piperidine rings is 3. The molecule has 5 rings (SSSR count). The average Bonchev–Trinajstić information content (AvgIpc) is 2.65. The summed E-state index contributed by atoms with van der Waals surface area (Å²) in [7, 11) is 0. The number of hydrogen-bond donors (Lipinski definition) is 0. The van der Waals surface area contributed by atoms with Crippen molar-refractivity contribution in [3.8, 4) is 5.75 Å². The van der Waals surface area contributed by atoms with Crippen LogP contribution in [0.5, 0.6) is 5.75 Å². The molecule has 0 spiro atoms. The van der Waals surface area contributed by atoms with Gasteiger partial charge in [-0.2, -0.15) is 0 Å². The van der Waals surface area contributed by atoms with Crippen molar-refractivity contribution >= 4 is 11.9 Å². The van der Waals surface area contributed by atoms with Gasteiger partial charge in [0.25, 0.3) is 0 Å². The van der Waals surface area contributed by atoms with Gasteiger partial charge in [-0.15, -0.1) is 0 Å². The Morgan fingerprint density at radius 1 is 1.00 bits per heavy atom. The number of hydrogen-bond acceptors (Lipinski definition) is 3. The van der Waals surface area contributed by atoms with E-state index in [1.807, 2.05) is 48.5 Å². The van der Waals surface area contributed by atoms with E-state index in [1.165, 1.54) is 0 Å². The van der Waals surface area contributed by atoms with Gasteiger partial charge in [-0.25, -0.2) is 0 Å². The maximum absolute atomic E-state index is 12.4. The van der Waals surface area contributed by atoms with E-state index >= 15 is 0 Å². The van der Waals surface area contributed by atoms with Crippen LogP contribution in [0.3, 0.4) is 0 Å². The quantitative estimate of drug-likeness (QED) is 0.801. The fraction of sp³-hybridized carbons (Fsp3) is 0.286. The summed E-state index contributed by atoms with van der Waals surface area (Å²) in [6, 6.07) is 18.1. The summed E-state index contributed by atoms with van der Waals surface area (Å²) in [6.07, 6.45) is 4.06. The Hall–Kier alpha value is -2.55. The Labute approximate surface area is 142 Å². The van der Waals surface area contributed by atoms with Gasteiger partial charge >= 0.3 is 0 Å². The van der Waals surface area contributed by atoms with Crippen molar-refractivity contribution in [3.63, 3.8) is 0 Å². The second-order valence-corrected chi connectivity index (χ2v) is 6.50. The molecule has 3 heteroatoms. The van der Waals surface area contributed by atoms with Crippen LogP contribution in [0.1, 0.15) is 24.0 Å². The highest BCUT2D eigenvalue weighted by atomic mass is 16.5. The van der Waals surface area contributed by atoms with Crippen LogP contribution in [-0.2, 0) is 11.4 Å². The average molecular weight is 319 g/mol. The maximum Gasteiger partial charge on any atom is 0.182 e. The number of fused-ring (bicyclic) bond motifs is 3. The van der Waals surface area contributed by atoms with Crippen LogP contribution < -0.4 is 4.74 Å². The zero-order valence-electron chi connectivity index (χ0n) is 13.7. The molecule has 3 heterocycles. The van der Waals surface area contributed by atoms with Crippen LogP contribution in [0.25, 0.3) is 6.08 Å². The van der Waals surface area contributed by atoms with Crippen molar-refractivity contribution in [3.05, 3.63) is 71.4 Å². The highest BCUT2D eigenvalue weighted by molar-refractivity contribution is 6.01. The number of ketones is 1. The number of carbonyl (C=O) groups is 1. The standard InChI is InChI=1S/C21H21NO2/c23-21-18-10-12-22(13-11-18)20(21)14-16-6-8-19(9-7-16)24-15-17-4-2-1-3-5-17/h1-9,14,18H,10-13,15H2/b20-14+. The first kappa shape index (κ1) is 15.0. The number of ether oxygens (including phenoxy) is 1. The third-order valence-corrected chi connectivity index (χ3v) is 4.89. The second kappa shape index (κ2) is 6.52. The van der Waals surface area contributed by atoms with Crippen LogP contribution in [0, 0.1) is 5.92 Å². The molecule has 3 saturated heterocycles. The molecule has 3 aliphatic rings. The van der Waals surface area contributed by atoms with E-state index in [1.54, 1.807) is 0 Å². The fourth-order valence-electron chi connectivity index (χ4n) is 3.47. The number of carbonyl (C=O) groups excluding carboxylic acids is 1. The van der Waals surface area contributed by atoms with E-state index in [9.17, 15) is 4.79 Å². The molecule has 3 aliphatic heterocycles. The van der Waals surface area contributed by atoms with E-state index in [0.29, 0.717) is 12.4 Å². The maximum atomic E-state index is 12.4. The van der Waals surface area contributed by atoms with Crippen molar-refractivity contribution in [2.24, 2.45) is 5.92 Å². The first-order valence-corrected chi connectivity index (χ1v) is 8.57. The summed E-state index contributed by atoms with van der Waals surface area (Å²) in [4.78, 5) is 14.6. The summed E-state index contributed by atoms with van der Waals surface area (Å²) >= 11 is 0. The largest absolute Gasteiger partial charge is 0.489 e. The van der Waals surface area contributed by atoms with E-state index in [4.69, 9.17) is 4.74 Å². The third kappa shape index (κ3) is 3.07. The number of Topliss-reactive ketones (excluding diaryl/α,β-unsaturated/α-hetero) is 1. The lowest BCUT2D eigenvalue weighted by atomic mass is 9.84. The summed E-state index contributed by atoms with van der Waals surface area (Å²) in [5, 5.41) is 0. The molecular weight excluding hydrogens is 298 g/mol. The lowest BCUT2D eigenvalue weighted by molar-refractivity contribution is -0.125. The fourth-order valence-corrected chi connectivity index (χ4v) is 3.47. The first-order chi connectivity index (χ1) is 11.8. The molecule has 3 fully saturated rings. The highest BCUT2D eigenvalue weighted by Gasteiger charge is 2.36. The molecule has 0 unspecified atom stereocenters. The number of rotatable bonds is 4.